The molecule has 21 heteroatoms. The van der Waals surface area contributed by atoms with Crippen molar-refractivity contribution in [3.05, 3.63) is 242 Å². The first-order chi connectivity index (χ1) is 47.5. The Bertz CT molecular complexity index is 4800. The van der Waals surface area contributed by atoms with Crippen molar-refractivity contribution in [2.45, 2.75) is 112 Å². The Labute approximate surface area is 650 Å². The van der Waals surface area contributed by atoms with E-state index in [-0.39, 0.29) is 114 Å². The Kier molecular flexibility index (Phi) is 28.3. The minimum absolute atomic E-state index is 0. The van der Waals surface area contributed by atoms with Gasteiger partial charge < -0.3 is 47.4 Å². The van der Waals surface area contributed by atoms with Crippen molar-refractivity contribution in [3.8, 4) is 113 Å². The van der Waals surface area contributed by atoms with E-state index in [1.54, 1.807) is 49.6 Å². The number of aromatic nitrogens is 8. The Morgan fingerprint density at radius 1 is 0.299 bits per heavy atom. The molecule has 0 unspecified atom stereocenters. The van der Waals surface area contributed by atoms with E-state index < -0.39 is 5.97 Å². The van der Waals surface area contributed by atoms with Crippen molar-refractivity contribution in [1.82, 2.24) is 39.9 Å². The van der Waals surface area contributed by atoms with E-state index in [0.29, 0.717) is 89.4 Å². The third-order valence-electron chi connectivity index (χ3n) is 17.9. The molecule has 2 radical (unpaired) electrons. The topological polar surface area (TPSA) is 347 Å². The van der Waals surface area contributed by atoms with Crippen LogP contribution in [0.5, 0.6) is 23.0 Å². The Morgan fingerprint density at radius 2 is 0.467 bits per heavy atom. The normalized spacial score (nSPS) is 11.1. The van der Waals surface area contributed by atoms with Crippen LogP contribution in [0.4, 0.5) is 0 Å². The number of carbonyl (C=O) groups is 1. The summed E-state index contributed by atoms with van der Waals surface area (Å²) in [5.41, 5.74) is 17.9. The van der Waals surface area contributed by atoms with Crippen LogP contribution in [0.15, 0.2) is 219 Å². The molecule has 0 aliphatic rings. The number of phenols is 4. The number of carboxylic acid groups (broad SMARTS) is 1. The van der Waals surface area contributed by atoms with Crippen molar-refractivity contribution in [2.75, 3.05) is 0 Å². The van der Waals surface area contributed by atoms with Crippen LogP contribution in [-0.4, -0.2) is 93.3 Å². The van der Waals surface area contributed by atoms with Crippen LogP contribution >= 0.6 is 13.5 Å². The SMILES string of the molecule is CC(=O)O.CC(C)(C)c1cc(-c2cccnc2)c(O)c(-c2ccc3ccc4ccc(-c5cc(C(C)(C)C)cc(-c6cccnc6)c5O)nc4c3n2)c1.CC(C)(C)c1cc(-c2cccnc2)c(O)c(-c2ccc3ccc4ccc(-c5cc(C(C)(C)C)cc(-c6cccnc6)c5O)nc4c3n2)c1.O.O.O.O.S.[Co].[Co]. The zero-order valence-corrected chi connectivity index (χ0v) is 64.8. The van der Waals surface area contributed by atoms with Gasteiger partial charge in [-0.3, -0.25) is 24.7 Å². The summed E-state index contributed by atoms with van der Waals surface area (Å²) in [5.74, 6) is -0.209. The minimum atomic E-state index is -0.833. The molecular weight excluding hydrogens is 1450 g/mol. The van der Waals surface area contributed by atoms with E-state index in [4.69, 9.17) is 29.8 Å². The van der Waals surface area contributed by atoms with Crippen LogP contribution in [0.25, 0.3) is 133 Å². The molecule has 0 aliphatic carbocycles. The number of nitrogens with zero attached hydrogens (tertiary/aromatic N) is 8. The van der Waals surface area contributed by atoms with Gasteiger partial charge >= 0.3 is 0 Å². The zero-order valence-electron chi connectivity index (χ0n) is 61.7. The van der Waals surface area contributed by atoms with Gasteiger partial charge in [0, 0.05) is 178 Å². The average molecular weight is 1550 g/mol. The molecule has 558 valence electrons. The molecule has 13 N–H and O–H groups in total. The average Bonchev–Trinajstić information content (AvgIpc) is 0.760. The van der Waals surface area contributed by atoms with Gasteiger partial charge in [0.25, 0.3) is 5.97 Å². The summed E-state index contributed by atoms with van der Waals surface area (Å²) in [7, 11) is 0. The maximum atomic E-state index is 11.7. The standard InChI is InChI=1S/2C42H38N4O2.C2H4O2.2Co.4H2O.H2S/c2*1-41(2,3)29-19-31(27-9-7-17-43-23-27)39(47)33(21-29)35-15-13-25-11-12-26-14-16-36(46-38(26)37(25)45-35)34-22-30(42(4,5)6)20-32(40(34)48)28-10-8-18-44-24-28;1-2(3)4;;;;;;;/h2*7-24,47-48H,1-6H3;1H3,(H,3,4);;;5*1H2. The molecule has 18 nitrogen and oxygen atoms in total. The number of phenolic OH excluding ortho intramolecular Hbond substituents is 4. The molecule has 0 amide bonds. The van der Waals surface area contributed by atoms with Crippen molar-refractivity contribution in [2.24, 2.45) is 0 Å². The molecular formula is C86H90Co2N8O10S. The van der Waals surface area contributed by atoms with Gasteiger partial charge in [-0.25, -0.2) is 19.9 Å². The third kappa shape index (κ3) is 18.6. The van der Waals surface area contributed by atoms with Crippen molar-refractivity contribution >= 4 is 63.1 Å². The van der Waals surface area contributed by atoms with Gasteiger partial charge in [-0.1, -0.05) is 156 Å². The summed E-state index contributed by atoms with van der Waals surface area (Å²) in [6.45, 7) is 27.0. The maximum Gasteiger partial charge on any atom is 0.300 e. The van der Waals surface area contributed by atoms with Gasteiger partial charge in [-0.2, -0.15) is 13.5 Å². The van der Waals surface area contributed by atoms with Gasteiger partial charge in [-0.15, -0.1) is 0 Å². The van der Waals surface area contributed by atoms with Crippen LogP contribution in [-0.2, 0) is 60.0 Å². The van der Waals surface area contributed by atoms with Crippen molar-refractivity contribution < 1.29 is 85.8 Å². The number of aliphatic carboxylic acids is 1. The summed E-state index contributed by atoms with van der Waals surface area (Å²) < 4.78 is 0. The van der Waals surface area contributed by atoms with Gasteiger partial charge in [0.15, 0.2) is 0 Å². The molecule has 14 rings (SSSR count). The fourth-order valence-corrected chi connectivity index (χ4v) is 12.2. The van der Waals surface area contributed by atoms with Gasteiger partial charge in [-0.05, 0) is 141 Å². The number of hydrogen-bond donors (Lipinski definition) is 5. The first-order valence-electron chi connectivity index (χ1n) is 33.2. The van der Waals surface area contributed by atoms with Crippen LogP contribution in [0.2, 0.25) is 0 Å². The quantitative estimate of drug-likeness (QED) is 0.0883. The summed E-state index contributed by atoms with van der Waals surface area (Å²) in [6, 6.07) is 55.6. The van der Waals surface area contributed by atoms with Crippen LogP contribution in [0.1, 0.15) is 112 Å². The largest absolute Gasteiger partial charge is 0.507 e. The van der Waals surface area contributed by atoms with E-state index in [1.807, 2.05) is 170 Å². The molecule has 8 aromatic heterocycles. The number of rotatable bonds is 8. The molecule has 0 saturated carbocycles. The summed E-state index contributed by atoms with van der Waals surface area (Å²) in [4.78, 5) is 46.8. The number of pyridine rings is 8. The predicted molar refractivity (Wildman–Crippen MR) is 428 cm³/mol. The van der Waals surface area contributed by atoms with Crippen molar-refractivity contribution in [1.29, 1.82) is 0 Å². The molecule has 0 spiro atoms. The van der Waals surface area contributed by atoms with Gasteiger partial charge in [0.1, 0.15) is 23.0 Å². The number of fused-ring (bicyclic) bond motifs is 6. The number of benzene rings is 6. The van der Waals surface area contributed by atoms with E-state index in [9.17, 15) is 20.4 Å². The fraction of sp³-hybridized carbons (Fsp3) is 0.198. The molecule has 0 aliphatic heterocycles. The summed E-state index contributed by atoms with van der Waals surface area (Å²) in [5, 5.41) is 57.9. The molecule has 0 atom stereocenters. The van der Waals surface area contributed by atoms with E-state index >= 15 is 0 Å². The molecule has 107 heavy (non-hydrogen) atoms. The second kappa shape index (κ2) is 34.8. The van der Waals surface area contributed by atoms with Gasteiger partial charge in [0.05, 0.1) is 44.8 Å². The maximum absolute atomic E-state index is 11.7. The second-order valence-corrected chi connectivity index (χ2v) is 29.4. The number of hydrogen-bond acceptors (Lipinski definition) is 13. The number of carboxylic acids is 1. The van der Waals surface area contributed by atoms with Gasteiger partial charge in [0.2, 0.25) is 0 Å². The first kappa shape index (κ1) is 87.1. The second-order valence-electron chi connectivity index (χ2n) is 29.4. The Balaban J connectivity index is 0.000000344. The summed E-state index contributed by atoms with van der Waals surface area (Å²) >= 11 is 0. The molecule has 0 bridgehead atoms. The Morgan fingerprint density at radius 3 is 0.626 bits per heavy atom. The molecule has 0 fully saturated rings. The third-order valence-corrected chi connectivity index (χ3v) is 17.9. The number of aromatic hydroxyl groups is 4. The van der Waals surface area contributed by atoms with E-state index in [0.717, 1.165) is 73.0 Å². The minimum Gasteiger partial charge on any atom is -0.507 e. The monoisotopic (exact) mass is 1540 g/mol. The van der Waals surface area contributed by atoms with E-state index in [1.165, 1.54) is 0 Å². The predicted octanol–water partition coefficient (Wildman–Crippen LogP) is 17.4. The van der Waals surface area contributed by atoms with Crippen LogP contribution < -0.4 is 0 Å². The van der Waals surface area contributed by atoms with Crippen LogP contribution in [0, 0.1) is 0 Å². The Hall–Kier alpha value is -10.6. The zero-order chi connectivity index (χ0) is 71.2. The molecule has 6 aromatic carbocycles. The summed E-state index contributed by atoms with van der Waals surface area (Å²) in [6.07, 6.45) is 14.0. The van der Waals surface area contributed by atoms with Crippen molar-refractivity contribution in [3.63, 3.8) is 0 Å². The molecule has 14 aromatic rings. The van der Waals surface area contributed by atoms with Crippen LogP contribution in [0.3, 0.4) is 0 Å². The molecule has 8 heterocycles. The fourth-order valence-electron chi connectivity index (χ4n) is 12.2. The molecule has 0 saturated heterocycles. The first-order valence-corrected chi connectivity index (χ1v) is 33.2. The van der Waals surface area contributed by atoms with E-state index in [2.05, 4.69) is 103 Å². The smallest absolute Gasteiger partial charge is 0.300 e.